The molecule has 4 nitrogen and oxygen atoms in total. The van der Waals surface area contributed by atoms with Crippen LogP contribution < -0.4 is 5.73 Å². The van der Waals surface area contributed by atoms with E-state index in [1.165, 1.54) is 43.4 Å². The van der Waals surface area contributed by atoms with Gasteiger partial charge in [-0.05, 0) is 53.3 Å². The van der Waals surface area contributed by atoms with Crippen molar-refractivity contribution in [3.05, 3.63) is 169 Å². The molecule has 0 radical (unpaired) electrons. The Morgan fingerprint density at radius 1 is 0.556 bits per heavy atom. The molecule has 0 unspecified atom stereocenters. The predicted molar refractivity (Wildman–Crippen MR) is 189 cm³/mol. The van der Waals surface area contributed by atoms with E-state index in [1.54, 1.807) is 0 Å². The third-order valence-corrected chi connectivity index (χ3v) is 9.17. The van der Waals surface area contributed by atoms with E-state index >= 15 is 0 Å². The maximum absolute atomic E-state index is 7.25. The zero-order valence-corrected chi connectivity index (χ0v) is 24.6. The van der Waals surface area contributed by atoms with Crippen LogP contribution in [0.15, 0.2) is 164 Å². The maximum Gasteiger partial charge on any atom is 0.0995 e. The van der Waals surface area contributed by atoms with Crippen molar-refractivity contribution in [2.75, 3.05) is 0 Å². The minimum atomic E-state index is 0.622. The van der Waals surface area contributed by atoms with Crippen LogP contribution in [-0.2, 0) is 6.67 Å². The van der Waals surface area contributed by atoms with E-state index in [1.807, 2.05) is 0 Å². The van der Waals surface area contributed by atoms with E-state index in [4.69, 9.17) is 5.73 Å². The van der Waals surface area contributed by atoms with E-state index in [-0.39, 0.29) is 0 Å². The molecule has 0 saturated carbocycles. The van der Waals surface area contributed by atoms with Gasteiger partial charge in [-0.3, -0.25) is 0 Å². The van der Waals surface area contributed by atoms with Crippen LogP contribution in [0.25, 0.3) is 65.8 Å². The Hall–Kier alpha value is -6.00. The minimum Gasteiger partial charge on any atom is -0.396 e. The van der Waals surface area contributed by atoms with Gasteiger partial charge < -0.3 is 19.8 Å². The highest BCUT2D eigenvalue weighted by atomic mass is 15.2. The number of allylic oxidation sites excluding steroid dienone is 3. The van der Waals surface area contributed by atoms with Gasteiger partial charge in [-0.1, -0.05) is 109 Å². The Bertz CT molecular complexity index is 2520. The molecule has 2 aromatic heterocycles. The molecule has 0 bridgehead atoms. The van der Waals surface area contributed by atoms with Gasteiger partial charge in [-0.15, -0.1) is 0 Å². The van der Waals surface area contributed by atoms with Crippen LogP contribution in [0.1, 0.15) is 5.56 Å². The van der Waals surface area contributed by atoms with Gasteiger partial charge in [-0.2, -0.15) is 0 Å². The number of rotatable bonds is 4. The van der Waals surface area contributed by atoms with Gasteiger partial charge in [-0.25, -0.2) is 0 Å². The lowest BCUT2D eigenvalue weighted by Gasteiger charge is -2.27. The minimum absolute atomic E-state index is 0.622. The molecule has 0 fully saturated rings. The molecule has 3 heterocycles. The van der Waals surface area contributed by atoms with Gasteiger partial charge in [0.25, 0.3) is 0 Å². The number of aromatic nitrogens is 2. The summed E-state index contributed by atoms with van der Waals surface area (Å²) in [6.07, 6.45) is 8.43. The lowest BCUT2D eigenvalue weighted by atomic mass is 10.0. The first-order valence-corrected chi connectivity index (χ1v) is 15.4. The highest BCUT2D eigenvalue weighted by molar-refractivity contribution is 6.20. The van der Waals surface area contributed by atoms with Gasteiger partial charge in [0, 0.05) is 39.0 Å². The van der Waals surface area contributed by atoms with E-state index in [9.17, 15) is 0 Å². The van der Waals surface area contributed by atoms with Crippen LogP contribution >= 0.6 is 0 Å². The molecule has 1 aliphatic rings. The monoisotopic (exact) mass is 578 g/mol. The van der Waals surface area contributed by atoms with Crippen LogP contribution in [0, 0.1) is 0 Å². The van der Waals surface area contributed by atoms with Crippen LogP contribution in [0.2, 0.25) is 0 Å². The topological polar surface area (TPSA) is 39.1 Å². The van der Waals surface area contributed by atoms with Gasteiger partial charge in [0.15, 0.2) is 0 Å². The number of benzene rings is 6. The lowest BCUT2D eigenvalue weighted by molar-refractivity contribution is 0.395. The van der Waals surface area contributed by atoms with E-state index < -0.39 is 0 Å². The smallest absolute Gasteiger partial charge is 0.0995 e. The van der Waals surface area contributed by atoms with Crippen molar-refractivity contribution in [2.24, 2.45) is 5.73 Å². The zero-order chi connectivity index (χ0) is 29.9. The number of hydrogen-bond acceptors (Lipinski definition) is 2. The summed E-state index contributed by atoms with van der Waals surface area (Å²) in [5.74, 6) is 0. The molecular formula is C41H30N4. The zero-order valence-electron chi connectivity index (χ0n) is 24.6. The summed E-state index contributed by atoms with van der Waals surface area (Å²) in [5.41, 5.74) is 15.8. The highest BCUT2D eigenvalue weighted by Crippen LogP contribution is 2.38. The van der Waals surface area contributed by atoms with Gasteiger partial charge in [0.1, 0.15) is 0 Å². The Balaban J connectivity index is 1.25. The van der Waals surface area contributed by atoms with Crippen LogP contribution in [0.5, 0.6) is 0 Å². The molecule has 0 spiro atoms. The molecule has 9 rings (SSSR count). The fourth-order valence-electron chi connectivity index (χ4n) is 7.19. The molecule has 0 atom stereocenters. The third-order valence-electron chi connectivity index (χ3n) is 9.17. The summed E-state index contributed by atoms with van der Waals surface area (Å²) in [6.45, 7) is 0.622. The molecule has 4 heteroatoms. The van der Waals surface area contributed by atoms with Crippen LogP contribution in [0.3, 0.4) is 0 Å². The predicted octanol–water partition coefficient (Wildman–Crippen LogP) is 9.72. The van der Waals surface area contributed by atoms with Crippen molar-refractivity contribution in [1.29, 1.82) is 0 Å². The average Bonchev–Trinajstić information content (AvgIpc) is 3.62. The van der Waals surface area contributed by atoms with Crippen molar-refractivity contribution in [3.63, 3.8) is 0 Å². The molecule has 0 saturated heterocycles. The first-order chi connectivity index (χ1) is 22.3. The van der Waals surface area contributed by atoms with Crippen molar-refractivity contribution in [3.8, 4) is 5.69 Å². The number of para-hydroxylation sites is 4. The Morgan fingerprint density at radius 2 is 1.27 bits per heavy atom. The second-order valence-corrected chi connectivity index (χ2v) is 11.6. The maximum atomic E-state index is 7.25. The second-order valence-electron chi connectivity index (χ2n) is 11.6. The summed E-state index contributed by atoms with van der Waals surface area (Å²) in [5, 5.41) is 7.47. The summed E-state index contributed by atoms with van der Waals surface area (Å²) in [4.78, 5) is 2.27. The molecule has 0 amide bonds. The van der Waals surface area contributed by atoms with Crippen molar-refractivity contribution in [1.82, 2.24) is 14.0 Å². The summed E-state index contributed by atoms with van der Waals surface area (Å²) >= 11 is 0. The van der Waals surface area contributed by atoms with Crippen molar-refractivity contribution in [2.45, 2.75) is 6.67 Å². The Morgan fingerprint density at radius 3 is 2.13 bits per heavy atom. The van der Waals surface area contributed by atoms with E-state index in [2.05, 4.69) is 172 Å². The van der Waals surface area contributed by atoms with Crippen molar-refractivity contribution < 1.29 is 0 Å². The van der Waals surface area contributed by atoms with Gasteiger partial charge >= 0.3 is 0 Å². The average molecular weight is 579 g/mol. The van der Waals surface area contributed by atoms with Crippen LogP contribution in [-0.4, -0.2) is 14.0 Å². The molecule has 1 aliphatic heterocycles. The fraction of sp³-hybridized carbons (Fsp3) is 0.0244. The molecule has 0 aliphatic carbocycles. The van der Waals surface area contributed by atoms with E-state index in [0.717, 1.165) is 33.7 Å². The molecular weight excluding hydrogens is 548 g/mol. The molecule has 2 N–H and O–H groups in total. The largest absolute Gasteiger partial charge is 0.396 e. The molecule has 214 valence electrons. The first kappa shape index (κ1) is 25.5. The number of nitrogens with two attached hydrogens (primary N) is 1. The van der Waals surface area contributed by atoms with Crippen LogP contribution in [0.4, 0.5) is 0 Å². The number of fused-ring (bicyclic) bond motifs is 8. The van der Waals surface area contributed by atoms with Crippen molar-refractivity contribution >= 4 is 60.1 Å². The highest BCUT2D eigenvalue weighted by Gasteiger charge is 2.21. The second kappa shape index (κ2) is 10.0. The van der Waals surface area contributed by atoms with Gasteiger partial charge in [0.05, 0.1) is 40.1 Å². The Kier molecular flexibility index (Phi) is 5.69. The lowest BCUT2D eigenvalue weighted by Crippen LogP contribution is -2.23. The number of nitrogens with zero attached hydrogens (tertiary/aromatic N) is 3. The quantitative estimate of drug-likeness (QED) is 0.226. The molecule has 8 aromatic rings. The summed E-state index contributed by atoms with van der Waals surface area (Å²) in [7, 11) is 0. The normalized spacial score (nSPS) is 14.4. The Labute approximate surface area is 260 Å². The van der Waals surface area contributed by atoms with Gasteiger partial charge in [0.2, 0.25) is 0 Å². The molecule has 45 heavy (non-hydrogen) atoms. The third kappa shape index (κ3) is 3.86. The first-order valence-electron chi connectivity index (χ1n) is 15.4. The summed E-state index contributed by atoms with van der Waals surface area (Å²) < 4.78 is 4.76. The van der Waals surface area contributed by atoms with E-state index in [0.29, 0.717) is 6.67 Å². The number of hydrogen-bond donors (Lipinski definition) is 1. The molecule has 6 aromatic carbocycles. The standard InChI is InChI=1S/C41H30N4/c42-40(34-20-12-19-32-31-17-6-9-22-36(31)45(41(32)34)29-14-2-1-3-15-29)38-23-10-11-26-43(38)27-44-35-21-8-7-18-33(35)39-30-16-5-4-13-28(30)24-25-37(39)44/h1-26H,27,42H2/b40-38-. The SMILES string of the molecule is N/C(=C1/C=CC=CN1Cn1c2ccccc2c2c3ccccc3ccc21)c1cccc2c3ccccc3n(-c3ccccc3)c12. The summed E-state index contributed by atoms with van der Waals surface area (Å²) in [6, 6.07) is 47.5. The fourth-order valence-corrected chi connectivity index (χ4v) is 7.19.